The van der Waals surface area contributed by atoms with E-state index in [0.717, 1.165) is 12.8 Å². The maximum absolute atomic E-state index is 11.9. The van der Waals surface area contributed by atoms with Gasteiger partial charge in [-0.3, -0.25) is 4.79 Å². The zero-order chi connectivity index (χ0) is 15.8. The molecule has 0 unspecified atom stereocenters. The van der Waals surface area contributed by atoms with Gasteiger partial charge in [-0.05, 0) is 6.42 Å². The summed E-state index contributed by atoms with van der Waals surface area (Å²) in [6.07, 6.45) is 13.1. The third kappa shape index (κ3) is 12.8. The largest absolute Gasteiger partial charge is 0.395 e. The summed E-state index contributed by atoms with van der Waals surface area (Å²) in [5.74, 6) is 0.0534. The topological polar surface area (TPSA) is 60.8 Å². The molecular formula is C17H35NO3. The Bertz CT molecular complexity index is 228. The zero-order valence-electron chi connectivity index (χ0n) is 13.9. The Morgan fingerprint density at radius 3 is 1.62 bits per heavy atom. The van der Waals surface area contributed by atoms with Gasteiger partial charge in [-0.2, -0.15) is 0 Å². The van der Waals surface area contributed by atoms with Crippen molar-refractivity contribution in [2.24, 2.45) is 0 Å². The molecule has 0 spiro atoms. The predicted molar refractivity (Wildman–Crippen MR) is 87.2 cm³/mol. The van der Waals surface area contributed by atoms with E-state index in [0.29, 0.717) is 19.5 Å². The highest BCUT2D eigenvalue weighted by atomic mass is 16.3. The van der Waals surface area contributed by atoms with Gasteiger partial charge in [-0.1, -0.05) is 64.7 Å². The standard InChI is InChI=1S/C17H35NO3/c1-2-3-4-5-6-7-8-9-10-11-12-17(21)18(13-15-19)14-16-20/h19-20H,2-16H2,1H3. The molecule has 21 heavy (non-hydrogen) atoms. The fourth-order valence-electron chi connectivity index (χ4n) is 2.52. The maximum atomic E-state index is 11.9. The molecule has 0 aromatic carbocycles. The number of unbranched alkanes of at least 4 members (excludes halogenated alkanes) is 9. The zero-order valence-corrected chi connectivity index (χ0v) is 13.9. The van der Waals surface area contributed by atoms with Crippen LogP contribution in [0.1, 0.15) is 77.6 Å². The molecule has 0 fully saturated rings. The van der Waals surface area contributed by atoms with Crippen molar-refractivity contribution in [3.8, 4) is 0 Å². The number of amides is 1. The fourth-order valence-corrected chi connectivity index (χ4v) is 2.52. The normalized spacial score (nSPS) is 10.8. The molecule has 0 aromatic rings. The van der Waals surface area contributed by atoms with E-state index >= 15 is 0 Å². The van der Waals surface area contributed by atoms with Crippen molar-refractivity contribution in [1.29, 1.82) is 0 Å². The van der Waals surface area contributed by atoms with Gasteiger partial charge in [0, 0.05) is 19.5 Å². The van der Waals surface area contributed by atoms with E-state index < -0.39 is 0 Å². The highest BCUT2D eigenvalue weighted by Gasteiger charge is 2.11. The van der Waals surface area contributed by atoms with Crippen LogP contribution < -0.4 is 0 Å². The lowest BCUT2D eigenvalue weighted by molar-refractivity contribution is -0.132. The van der Waals surface area contributed by atoms with Crippen molar-refractivity contribution in [2.75, 3.05) is 26.3 Å². The van der Waals surface area contributed by atoms with Gasteiger partial charge in [0.05, 0.1) is 13.2 Å². The fraction of sp³-hybridized carbons (Fsp3) is 0.941. The van der Waals surface area contributed by atoms with Gasteiger partial charge in [-0.25, -0.2) is 0 Å². The first-order valence-corrected chi connectivity index (χ1v) is 8.75. The summed E-state index contributed by atoms with van der Waals surface area (Å²) >= 11 is 0. The number of hydrogen-bond acceptors (Lipinski definition) is 3. The van der Waals surface area contributed by atoms with Crippen LogP contribution in [0.2, 0.25) is 0 Å². The first kappa shape index (κ1) is 20.4. The van der Waals surface area contributed by atoms with E-state index in [-0.39, 0.29) is 19.1 Å². The van der Waals surface area contributed by atoms with Crippen molar-refractivity contribution in [3.63, 3.8) is 0 Å². The minimum Gasteiger partial charge on any atom is -0.395 e. The number of carbonyl (C=O) groups excluding carboxylic acids is 1. The molecule has 0 rings (SSSR count). The Balaban J connectivity index is 3.42. The number of nitrogens with zero attached hydrogens (tertiary/aromatic N) is 1. The quantitative estimate of drug-likeness (QED) is 0.457. The lowest BCUT2D eigenvalue weighted by atomic mass is 10.1. The highest BCUT2D eigenvalue weighted by molar-refractivity contribution is 5.76. The second-order valence-corrected chi connectivity index (χ2v) is 5.76. The molecule has 0 aliphatic rings. The molecular weight excluding hydrogens is 266 g/mol. The third-order valence-electron chi connectivity index (χ3n) is 3.84. The molecule has 0 saturated heterocycles. The third-order valence-corrected chi connectivity index (χ3v) is 3.84. The van der Waals surface area contributed by atoms with Crippen LogP contribution in [0.25, 0.3) is 0 Å². The molecule has 0 aliphatic carbocycles. The second-order valence-electron chi connectivity index (χ2n) is 5.76. The summed E-state index contributed by atoms with van der Waals surface area (Å²) < 4.78 is 0. The molecule has 0 bridgehead atoms. The van der Waals surface area contributed by atoms with E-state index in [9.17, 15) is 4.79 Å². The number of rotatable bonds is 15. The average molecular weight is 301 g/mol. The van der Waals surface area contributed by atoms with Gasteiger partial charge in [-0.15, -0.1) is 0 Å². The van der Waals surface area contributed by atoms with Gasteiger partial charge in [0.25, 0.3) is 0 Å². The van der Waals surface area contributed by atoms with E-state index in [1.165, 1.54) is 51.4 Å². The summed E-state index contributed by atoms with van der Waals surface area (Å²) in [7, 11) is 0. The molecule has 1 amide bonds. The predicted octanol–water partition coefficient (Wildman–Crippen LogP) is 3.11. The second kappa shape index (κ2) is 15.8. The summed E-state index contributed by atoms with van der Waals surface area (Å²) in [6.45, 7) is 2.82. The number of aliphatic hydroxyl groups excluding tert-OH is 2. The van der Waals surface area contributed by atoms with Gasteiger partial charge < -0.3 is 15.1 Å². The molecule has 126 valence electrons. The molecule has 0 aliphatic heterocycles. The minimum atomic E-state index is -0.0379. The first-order valence-electron chi connectivity index (χ1n) is 8.75. The van der Waals surface area contributed by atoms with Crippen LogP contribution >= 0.6 is 0 Å². The Hall–Kier alpha value is -0.610. The molecule has 0 heterocycles. The molecule has 0 radical (unpaired) electrons. The lowest BCUT2D eigenvalue weighted by Gasteiger charge is -2.20. The Labute approximate surface area is 130 Å². The van der Waals surface area contributed by atoms with Gasteiger partial charge in [0.15, 0.2) is 0 Å². The Kier molecular flexibility index (Phi) is 15.3. The number of aliphatic hydroxyl groups is 2. The van der Waals surface area contributed by atoms with Crippen molar-refractivity contribution in [1.82, 2.24) is 4.90 Å². The van der Waals surface area contributed by atoms with Crippen LogP contribution in [0.3, 0.4) is 0 Å². The van der Waals surface area contributed by atoms with Crippen LogP contribution in [-0.4, -0.2) is 47.3 Å². The van der Waals surface area contributed by atoms with Crippen LogP contribution in [0, 0.1) is 0 Å². The molecule has 4 heteroatoms. The summed E-state index contributed by atoms with van der Waals surface area (Å²) in [6, 6.07) is 0. The molecule has 0 aromatic heterocycles. The summed E-state index contributed by atoms with van der Waals surface area (Å²) in [5.41, 5.74) is 0. The van der Waals surface area contributed by atoms with Crippen LogP contribution in [0.5, 0.6) is 0 Å². The number of hydrogen-bond donors (Lipinski definition) is 2. The van der Waals surface area contributed by atoms with E-state index in [4.69, 9.17) is 10.2 Å². The Morgan fingerprint density at radius 1 is 0.762 bits per heavy atom. The number of carbonyl (C=O) groups is 1. The van der Waals surface area contributed by atoms with Crippen molar-refractivity contribution in [2.45, 2.75) is 77.6 Å². The first-order chi connectivity index (χ1) is 10.3. The van der Waals surface area contributed by atoms with Crippen LogP contribution in [-0.2, 0) is 4.79 Å². The summed E-state index contributed by atoms with van der Waals surface area (Å²) in [5, 5.41) is 17.8. The Morgan fingerprint density at radius 2 is 1.19 bits per heavy atom. The van der Waals surface area contributed by atoms with Crippen molar-refractivity contribution < 1.29 is 15.0 Å². The average Bonchev–Trinajstić information content (AvgIpc) is 2.48. The van der Waals surface area contributed by atoms with Crippen molar-refractivity contribution >= 4 is 5.91 Å². The van der Waals surface area contributed by atoms with E-state index in [2.05, 4.69) is 6.92 Å². The van der Waals surface area contributed by atoms with E-state index in [1.807, 2.05) is 0 Å². The van der Waals surface area contributed by atoms with Crippen LogP contribution in [0.4, 0.5) is 0 Å². The molecule has 0 saturated carbocycles. The van der Waals surface area contributed by atoms with Gasteiger partial charge in [0.1, 0.15) is 0 Å². The smallest absolute Gasteiger partial charge is 0.222 e. The highest BCUT2D eigenvalue weighted by Crippen LogP contribution is 2.11. The summed E-state index contributed by atoms with van der Waals surface area (Å²) in [4.78, 5) is 13.4. The monoisotopic (exact) mass is 301 g/mol. The van der Waals surface area contributed by atoms with Gasteiger partial charge in [0.2, 0.25) is 5.91 Å². The van der Waals surface area contributed by atoms with Gasteiger partial charge >= 0.3 is 0 Å². The van der Waals surface area contributed by atoms with Crippen molar-refractivity contribution in [3.05, 3.63) is 0 Å². The van der Waals surface area contributed by atoms with Crippen LogP contribution in [0.15, 0.2) is 0 Å². The minimum absolute atomic E-state index is 0.0379. The lowest BCUT2D eigenvalue weighted by Crippen LogP contribution is -2.35. The van der Waals surface area contributed by atoms with E-state index in [1.54, 1.807) is 4.90 Å². The SMILES string of the molecule is CCCCCCCCCCCCC(=O)N(CCO)CCO. The molecule has 4 nitrogen and oxygen atoms in total. The molecule has 2 N–H and O–H groups in total. The molecule has 0 atom stereocenters. The maximum Gasteiger partial charge on any atom is 0.222 e.